The monoisotopic (exact) mass is 459 g/mol. The second-order valence-corrected chi connectivity index (χ2v) is 8.42. The van der Waals surface area contributed by atoms with Crippen LogP contribution in [0.4, 0.5) is 13.6 Å². The predicted octanol–water partition coefficient (Wildman–Crippen LogP) is 5.35. The van der Waals surface area contributed by atoms with Crippen LogP contribution >= 0.6 is 0 Å². The van der Waals surface area contributed by atoms with Crippen molar-refractivity contribution in [3.63, 3.8) is 0 Å². The lowest BCUT2D eigenvalue weighted by Gasteiger charge is -2.35. The molecule has 8 heteroatoms. The van der Waals surface area contributed by atoms with Gasteiger partial charge in [0.1, 0.15) is 5.69 Å². The molecule has 3 heterocycles. The Balaban J connectivity index is 1.34. The van der Waals surface area contributed by atoms with Crippen LogP contribution in [0.25, 0.3) is 22.4 Å². The van der Waals surface area contributed by atoms with Gasteiger partial charge in [0.15, 0.2) is 11.6 Å². The molecule has 6 nitrogen and oxygen atoms in total. The molecule has 0 N–H and O–H groups in total. The van der Waals surface area contributed by atoms with E-state index in [9.17, 15) is 13.6 Å². The Hall–Kier alpha value is -3.94. The molecule has 1 aliphatic heterocycles. The lowest BCUT2D eigenvalue weighted by Crippen LogP contribution is -2.46. The molecule has 2 aromatic carbocycles. The zero-order chi connectivity index (χ0) is 23.5. The van der Waals surface area contributed by atoms with Crippen LogP contribution in [0.15, 0.2) is 73.2 Å². The maximum atomic E-state index is 14.0. The van der Waals surface area contributed by atoms with Crippen molar-refractivity contribution in [1.82, 2.24) is 24.9 Å². The number of likely N-dealkylation sites (tertiary alicyclic amines) is 1. The number of nitrogens with zero attached hydrogens (tertiary/aromatic N) is 5. The van der Waals surface area contributed by atoms with Crippen LogP contribution in [-0.4, -0.2) is 43.5 Å². The maximum absolute atomic E-state index is 14.0. The van der Waals surface area contributed by atoms with Crippen LogP contribution in [-0.2, 0) is 6.42 Å². The first-order valence-corrected chi connectivity index (χ1v) is 11.3. The molecule has 0 aliphatic carbocycles. The molecule has 1 atom stereocenters. The second-order valence-electron chi connectivity index (χ2n) is 8.42. The van der Waals surface area contributed by atoms with E-state index in [1.807, 2.05) is 23.1 Å². The molecule has 1 amide bonds. The van der Waals surface area contributed by atoms with Gasteiger partial charge in [0.25, 0.3) is 0 Å². The number of amides is 1. The molecule has 5 rings (SSSR count). The summed E-state index contributed by atoms with van der Waals surface area (Å²) in [6.07, 6.45) is 7.37. The Bertz CT molecular complexity index is 1270. The molecule has 0 spiro atoms. The molecule has 1 unspecified atom stereocenters. The molecule has 4 aromatic rings. The average molecular weight is 460 g/mol. The lowest BCUT2D eigenvalue weighted by atomic mass is 9.96. The van der Waals surface area contributed by atoms with E-state index in [1.165, 1.54) is 10.2 Å². The van der Waals surface area contributed by atoms with E-state index in [2.05, 4.69) is 27.4 Å². The second kappa shape index (κ2) is 9.51. The van der Waals surface area contributed by atoms with Gasteiger partial charge in [-0.2, -0.15) is 4.68 Å². The standard InChI is InChI=1S/C26H23F2N5O/c27-22-15-29-16-23(28)25(22)20-11-9-19(10-12-20)24-17-33(31-30-24)26(34)32-13-5-4-8-21(32)14-18-6-2-1-3-7-18/h1-3,6-7,9-12,15-17,21H,4-5,8,13-14H2. The van der Waals surface area contributed by atoms with E-state index in [0.717, 1.165) is 38.1 Å². The number of carbonyl (C=O) groups is 1. The molecule has 1 fully saturated rings. The van der Waals surface area contributed by atoms with Gasteiger partial charge in [-0.25, -0.2) is 13.6 Å². The summed E-state index contributed by atoms with van der Waals surface area (Å²) >= 11 is 0. The topological polar surface area (TPSA) is 63.9 Å². The van der Waals surface area contributed by atoms with Crippen molar-refractivity contribution in [1.29, 1.82) is 0 Å². The van der Waals surface area contributed by atoms with E-state index in [-0.39, 0.29) is 17.6 Å². The van der Waals surface area contributed by atoms with Crippen LogP contribution in [0, 0.1) is 11.6 Å². The van der Waals surface area contributed by atoms with Gasteiger partial charge < -0.3 is 4.90 Å². The third kappa shape index (κ3) is 4.44. The SMILES string of the molecule is O=C(N1CCCCC1Cc1ccccc1)n1cc(-c2ccc(-c3c(F)cncc3F)cc2)nn1. The van der Waals surface area contributed by atoms with Crippen LogP contribution in [0.3, 0.4) is 0 Å². The minimum Gasteiger partial charge on any atom is -0.320 e. The Morgan fingerprint density at radius 1 is 0.941 bits per heavy atom. The highest BCUT2D eigenvalue weighted by atomic mass is 19.1. The van der Waals surface area contributed by atoms with E-state index in [1.54, 1.807) is 30.5 Å². The summed E-state index contributed by atoms with van der Waals surface area (Å²) < 4.78 is 29.3. The highest BCUT2D eigenvalue weighted by Gasteiger charge is 2.28. The van der Waals surface area contributed by atoms with Crippen molar-refractivity contribution < 1.29 is 13.6 Å². The number of hydrogen-bond acceptors (Lipinski definition) is 4. The zero-order valence-electron chi connectivity index (χ0n) is 18.4. The molecule has 2 aromatic heterocycles. The Labute approximate surface area is 195 Å². The third-order valence-corrected chi connectivity index (χ3v) is 6.20. The summed E-state index contributed by atoms with van der Waals surface area (Å²) in [5.41, 5.74) is 2.66. The van der Waals surface area contributed by atoms with Gasteiger partial charge >= 0.3 is 6.03 Å². The van der Waals surface area contributed by atoms with Crippen molar-refractivity contribution >= 4 is 6.03 Å². The van der Waals surface area contributed by atoms with E-state index in [0.29, 0.717) is 23.4 Å². The number of halogens is 2. The van der Waals surface area contributed by atoms with Gasteiger partial charge in [0, 0.05) is 18.2 Å². The molecule has 1 saturated heterocycles. The number of carbonyl (C=O) groups excluding carboxylic acids is 1. The summed E-state index contributed by atoms with van der Waals surface area (Å²) in [5.74, 6) is -1.45. The zero-order valence-corrected chi connectivity index (χ0v) is 18.4. The van der Waals surface area contributed by atoms with Crippen LogP contribution in [0.5, 0.6) is 0 Å². The van der Waals surface area contributed by atoms with Crippen molar-refractivity contribution in [3.8, 4) is 22.4 Å². The molecule has 0 bridgehead atoms. The smallest absolute Gasteiger partial charge is 0.320 e. The summed E-state index contributed by atoms with van der Waals surface area (Å²) in [6, 6.07) is 16.7. The Morgan fingerprint density at radius 2 is 1.65 bits per heavy atom. The molecular formula is C26H23F2N5O. The van der Waals surface area contributed by atoms with Crippen molar-refractivity contribution in [2.45, 2.75) is 31.7 Å². The Kier molecular flexibility index (Phi) is 6.12. The molecule has 0 radical (unpaired) electrons. The lowest BCUT2D eigenvalue weighted by molar-refractivity contribution is 0.149. The van der Waals surface area contributed by atoms with Gasteiger partial charge in [0.2, 0.25) is 0 Å². The third-order valence-electron chi connectivity index (χ3n) is 6.20. The van der Waals surface area contributed by atoms with Crippen molar-refractivity contribution in [3.05, 3.63) is 90.4 Å². The number of pyridine rings is 1. The minimum absolute atomic E-state index is 0.112. The fourth-order valence-electron chi connectivity index (χ4n) is 4.47. The van der Waals surface area contributed by atoms with E-state index >= 15 is 0 Å². The number of aromatic nitrogens is 4. The largest absolute Gasteiger partial charge is 0.346 e. The molecule has 172 valence electrons. The maximum Gasteiger partial charge on any atom is 0.346 e. The summed E-state index contributed by atoms with van der Waals surface area (Å²) in [6.45, 7) is 0.684. The predicted molar refractivity (Wildman–Crippen MR) is 124 cm³/mol. The van der Waals surface area contributed by atoms with E-state index in [4.69, 9.17) is 0 Å². The summed E-state index contributed by atoms with van der Waals surface area (Å²) in [5, 5.41) is 8.22. The van der Waals surface area contributed by atoms with Crippen molar-refractivity contribution in [2.24, 2.45) is 0 Å². The highest BCUT2D eigenvalue weighted by Crippen LogP contribution is 2.28. The fraction of sp³-hybridized carbons (Fsp3) is 0.231. The number of piperidine rings is 1. The van der Waals surface area contributed by atoms with Gasteiger partial charge in [-0.15, -0.1) is 5.10 Å². The number of hydrogen-bond donors (Lipinski definition) is 0. The van der Waals surface area contributed by atoms with Crippen LogP contribution < -0.4 is 0 Å². The quantitative estimate of drug-likeness (QED) is 0.413. The van der Waals surface area contributed by atoms with E-state index < -0.39 is 11.6 Å². The first kappa shape index (κ1) is 21.9. The average Bonchev–Trinajstić information content (AvgIpc) is 3.35. The van der Waals surface area contributed by atoms with Gasteiger partial charge in [0.05, 0.1) is 24.2 Å². The number of rotatable bonds is 4. The van der Waals surface area contributed by atoms with Gasteiger partial charge in [-0.05, 0) is 36.8 Å². The van der Waals surface area contributed by atoms with Crippen molar-refractivity contribution in [2.75, 3.05) is 6.54 Å². The fourth-order valence-corrected chi connectivity index (χ4v) is 4.47. The first-order chi connectivity index (χ1) is 16.6. The highest BCUT2D eigenvalue weighted by molar-refractivity contribution is 5.78. The Morgan fingerprint density at radius 3 is 2.38 bits per heavy atom. The van der Waals surface area contributed by atoms with Crippen LogP contribution in [0.1, 0.15) is 24.8 Å². The normalized spacial score (nSPS) is 15.9. The van der Waals surface area contributed by atoms with Crippen LogP contribution in [0.2, 0.25) is 0 Å². The number of benzene rings is 2. The molecule has 0 saturated carbocycles. The summed E-state index contributed by atoms with van der Waals surface area (Å²) in [7, 11) is 0. The van der Waals surface area contributed by atoms with Gasteiger partial charge in [-0.3, -0.25) is 4.98 Å². The minimum atomic E-state index is -0.726. The molecule has 1 aliphatic rings. The first-order valence-electron chi connectivity index (χ1n) is 11.3. The van der Waals surface area contributed by atoms with Gasteiger partial charge in [-0.1, -0.05) is 59.8 Å². The summed E-state index contributed by atoms with van der Waals surface area (Å²) in [4.78, 5) is 18.7. The molecular weight excluding hydrogens is 436 g/mol. The molecule has 34 heavy (non-hydrogen) atoms.